The van der Waals surface area contributed by atoms with Crippen LogP contribution in [0.25, 0.3) is 0 Å². The number of hydrogen-bond acceptors (Lipinski definition) is 4. The smallest absolute Gasteiger partial charge is 0.0235 e. The summed E-state index contributed by atoms with van der Waals surface area (Å²) in [6.45, 7) is 10.4. The Labute approximate surface area is 124 Å². The molecule has 20 heavy (non-hydrogen) atoms. The van der Waals surface area contributed by atoms with Gasteiger partial charge in [-0.3, -0.25) is 4.90 Å². The summed E-state index contributed by atoms with van der Waals surface area (Å²) < 4.78 is 0. The molecule has 0 saturated carbocycles. The van der Waals surface area contributed by atoms with E-state index >= 15 is 0 Å². The van der Waals surface area contributed by atoms with E-state index in [1.54, 1.807) is 0 Å². The van der Waals surface area contributed by atoms with E-state index in [1.165, 1.54) is 90.9 Å². The van der Waals surface area contributed by atoms with Crippen LogP contribution in [0.5, 0.6) is 0 Å². The molecule has 0 spiro atoms. The van der Waals surface area contributed by atoms with Gasteiger partial charge in [-0.15, -0.1) is 0 Å². The monoisotopic (exact) mass is 280 g/mol. The summed E-state index contributed by atoms with van der Waals surface area (Å²) in [6, 6.07) is 1.28. The topological polar surface area (TPSA) is 35.7 Å². The zero-order valence-corrected chi connectivity index (χ0v) is 13.0. The van der Waals surface area contributed by atoms with E-state index in [-0.39, 0.29) is 0 Å². The fourth-order valence-corrected chi connectivity index (χ4v) is 4.12. The van der Waals surface area contributed by atoms with Gasteiger partial charge < -0.3 is 15.5 Å². The van der Waals surface area contributed by atoms with Crippen LogP contribution in [-0.4, -0.2) is 79.1 Å². The molecule has 0 bridgehead atoms. The van der Waals surface area contributed by atoms with E-state index in [4.69, 9.17) is 5.73 Å². The first-order chi connectivity index (χ1) is 9.81. The van der Waals surface area contributed by atoms with E-state index in [0.29, 0.717) is 6.04 Å². The van der Waals surface area contributed by atoms with Gasteiger partial charge in [0.1, 0.15) is 0 Å². The second kappa shape index (κ2) is 7.21. The van der Waals surface area contributed by atoms with Crippen LogP contribution in [0.3, 0.4) is 0 Å². The molecule has 0 aromatic carbocycles. The number of nitrogens with two attached hydrogens (primary N) is 1. The highest BCUT2D eigenvalue weighted by Gasteiger charge is 2.29. The Bertz CT molecular complexity index is 282. The third-order valence-corrected chi connectivity index (χ3v) is 5.49. The van der Waals surface area contributed by atoms with Crippen LogP contribution in [0.15, 0.2) is 0 Å². The summed E-state index contributed by atoms with van der Waals surface area (Å²) in [7, 11) is 0. The molecule has 3 heterocycles. The van der Waals surface area contributed by atoms with Crippen LogP contribution in [0.4, 0.5) is 0 Å². The molecule has 116 valence electrons. The van der Waals surface area contributed by atoms with Gasteiger partial charge in [0.2, 0.25) is 0 Å². The zero-order valence-electron chi connectivity index (χ0n) is 13.0. The minimum absolute atomic E-state index is 0.462. The third kappa shape index (κ3) is 3.94. The van der Waals surface area contributed by atoms with Crippen LogP contribution in [-0.2, 0) is 0 Å². The molecule has 0 aliphatic carbocycles. The Balaban J connectivity index is 1.32. The molecule has 4 heteroatoms. The van der Waals surface area contributed by atoms with Crippen LogP contribution in [0.2, 0.25) is 0 Å². The summed E-state index contributed by atoms with van der Waals surface area (Å²) in [4.78, 5) is 8.03. The maximum absolute atomic E-state index is 6.01. The quantitative estimate of drug-likeness (QED) is 0.814. The van der Waals surface area contributed by atoms with Crippen LogP contribution in [0.1, 0.15) is 38.5 Å². The molecule has 0 aromatic heterocycles. The minimum Gasteiger partial charge on any atom is -0.328 e. The molecule has 3 fully saturated rings. The molecule has 0 radical (unpaired) electrons. The van der Waals surface area contributed by atoms with Crippen molar-refractivity contribution in [3.05, 3.63) is 0 Å². The molecule has 4 nitrogen and oxygen atoms in total. The molecule has 2 N–H and O–H groups in total. The number of hydrogen-bond donors (Lipinski definition) is 1. The Morgan fingerprint density at radius 2 is 1.50 bits per heavy atom. The maximum atomic E-state index is 6.01. The largest absolute Gasteiger partial charge is 0.328 e. The lowest BCUT2D eigenvalue weighted by atomic mass is 10.0. The van der Waals surface area contributed by atoms with Gasteiger partial charge in [0.25, 0.3) is 0 Å². The molecule has 1 atom stereocenters. The van der Waals surface area contributed by atoms with Crippen molar-refractivity contribution in [3.63, 3.8) is 0 Å². The van der Waals surface area contributed by atoms with Crippen LogP contribution >= 0.6 is 0 Å². The number of piperidine rings is 1. The van der Waals surface area contributed by atoms with Crippen molar-refractivity contribution < 1.29 is 0 Å². The third-order valence-electron chi connectivity index (χ3n) is 5.49. The van der Waals surface area contributed by atoms with Gasteiger partial charge in [-0.2, -0.15) is 0 Å². The molecule has 3 aliphatic heterocycles. The summed E-state index contributed by atoms with van der Waals surface area (Å²) in [6.07, 6.45) is 7.97. The highest BCUT2D eigenvalue weighted by Crippen LogP contribution is 2.20. The summed E-state index contributed by atoms with van der Waals surface area (Å²) in [5.74, 6) is 0. The molecule has 3 saturated heterocycles. The lowest BCUT2D eigenvalue weighted by Crippen LogP contribution is -2.46. The molecule has 1 unspecified atom stereocenters. The standard InChI is InChI=1S/C16H32N4/c17-15-4-12-20(13-5-15)16-6-11-19(14-16)10-3-9-18-7-1-2-8-18/h15-16H,1-14,17H2. The highest BCUT2D eigenvalue weighted by atomic mass is 15.3. The molecular formula is C16H32N4. The Morgan fingerprint density at radius 1 is 0.800 bits per heavy atom. The van der Waals surface area contributed by atoms with E-state index in [2.05, 4.69) is 14.7 Å². The van der Waals surface area contributed by atoms with E-state index in [1.807, 2.05) is 0 Å². The molecule has 0 amide bonds. The number of rotatable bonds is 5. The van der Waals surface area contributed by atoms with Gasteiger partial charge >= 0.3 is 0 Å². The first-order valence-corrected chi connectivity index (χ1v) is 8.75. The fourth-order valence-electron chi connectivity index (χ4n) is 4.12. The summed E-state index contributed by atoms with van der Waals surface area (Å²) in [5.41, 5.74) is 6.01. The Morgan fingerprint density at radius 3 is 2.25 bits per heavy atom. The van der Waals surface area contributed by atoms with Crippen LogP contribution in [0, 0.1) is 0 Å². The first-order valence-electron chi connectivity index (χ1n) is 8.75. The first kappa shape index (κ1) is 14.8. The predicted molar refractivity (Wildman–Crippen MR) is 83.9 cm³/mol. The lowest BCUT2D eigenvalue weighted by molar-refractivity contribution is 0.151. The zero-order chi connectivity index (χ0) is 13.8. The van der Waals surface area contributed by atoms with Crippen LogP contribution < -0.4 is 5.73 Å². The van der Waals surface area contributed by atoms with Crippen molar-refractivity contribution >= 4 is 0 Å². The van der Waals surface area contributed by atoms with Gasteiger partial charge in [0.05, 0.1) is 0 Å². The van der Waals surface area contributed by atoms with E-state index in [9.17, 15) is 0 Å². The Hall–Kier alpha value is -0.160. The fraction of sp³-hybridized carbons (Fsp3) is 1.00. The number of nitrogens with zero attached hydrogens (tertiary/aromatic N) is 3. The normalized spacial score (nSPS) is 31.4. The average Bonchev–Trinajstić information content (AvgIpc) is 3.11. The highest BCUT2D eigenvalue weighted by molar-refractivity contribution is 4.86. The van der Waals surface area contributed by atoms with Gasteiger partial charge in [0.15, 0.2) is 0 Å². The van der Waals surface area contributed by atoms with Gasteiger partial charge in [-0.05, 0) is 84.3 Å². The second-order valence-electron chi connectivity index (χ2n) is 7.02. The maximum Gasteiger partial charge on any atom is 0.0235 e. The average molecular weight is 280 g/mol. The van der Waals surface area contributed by atoms with Crippen molar-refractivity contribution in [1.82, 2.24) is 14.7 Å². The Kier molecular flexibility index (Phi) is 5.32. The van der Waals surface area contributed by atoms with E-state index in [0.717, 1.165) is 6.04 Å². The van der Waals surface area contributed by atoms with Crippen molar-refractivity contribution in [1.29, 1.82) is 0 Å². The van der Waals surface area contributed by atoms with E-state index < -0.39 is 0 Å². The SMILES string of the molecule is NC1CCN(C2CCN(CCCN3CCCC3)C2)CC1. The molecule has 3 aliphatic rings. The van der Waals surface area contributed by atoms with Crippen molar-refractivity contribution in [2.24, 2.45) is 5.73 Å². The molecule has 0 aromatic rings. The number of likely N-dealkylation sites (tertiary alicyclic amines) is 3. The summed E-state index contributed by atoms with van der Waals surface area (Å²) >= 11 is 0. The van der Waals surface area contributed by atoms with Crippen molar-refractivity contribution in [3.8, 4) is 0 Å². The van der Waals surface area contributed by atoms with Gasteiger partial charge in [-0.25, -0.2) is 0 Å². The molecule has 3 rings (SSSR count). The second-order valence-corrected chi connectivity index (χ2v) is 7.02. The lowest BCUT2D eigenvalue weighted by Gasteiger charge is -2.34. The summed E-state index contributed by atoms with van der Waals surface area (Å²) in [5, 5.41) is 0. The van der Waals surface area contributed by atoms with Crippen molar-refractivity contribution in [2.75, 3.05) is 52.4 Å². The molecular weight excluding hydrogens is 248 g/mol. The predicted octanol–water partition coefficient (Wildman–Crippen LogP) is 0.970. The van der Waals surface area contributed by atoms with Crippen molar-refractivity contribution in [2.45, 2.75) is 50.6 Å². The minimum atomic E-state index is 0.462. The van der Waals surface area contributed by atoms with Gasteiger partial charge in [0, 0.05) is 18.6 Å². The van der Waals surface area contributed by atoms with Gasteiger partial charge in [-0.1, -0.05) is 0 Å².